The fourth-order valence-corrected chi connectivity index (χ4v) is 8.85. The van der Waals surface area contributed by atoms with E-state index in [2.05, 4.69) is 4.98 Å². The molecule has 2 amide bonds. The Hall–Kier alpha value is -3.83. The van der Waals surface area contributed by atoms with E-state index in [0.29, 0.717) is 35.5 Å². The van der Waals surface area contributed by atoms with Crippen molar-refractivity contribution in [3.63, 3.8) is 0 Å². The van der Waals surface area contributed by atoms with Gasteiger partial charge >= 0.3 is 18.3 Å². The first-order chi connectivity index (χ1) is 25.0. The molecule has 0 aliphatic carbocycles. The van der Waals surface area contributed by atoms with E-state index in [9.17, 15) is 45.8 Å². The van der Waals surface area contributed by atoms with Crippen LogP contribution in [0.1, 0.15) is 84.8 Å². The quantitative estimate of drug-likeness (QED) is 0.108. The van der Waals surface area contributed by atoms with Crippen molar-refractivity contribution < 1.29 is 55.7 Å². The van der Waals surface area contributed by atoms with Crippen LogP contribution in [0, 0.1) is 0 Å². The molecule has 2 saturated heterocycles. The number of aliphatic hydroxyl groups is 1. The highest BCUT2D eigenvalue weighted by Crippen LogP contribution is 2.44. The van der Waals surface area contributed by atoms with Crippen molar-refractivity contribution in [1.82, 2.24) is 14.8 Å². The number of thioether (sulfide) groups is 1. The number of benzene rings is 1. The smallest absolute Gasteiger partial charge is 0.425 e. The van der Waals surface area contributed by atoms with Crippen molar-refractivity contribution in [3.8, 4) is 5.75 Å². The number of hydrogen-bond donors (Lipinski definition) is 2. The number of nitrogens with zero attached hydrogens (tertiary/aromatic N) is 3. The maximum Gasteiger partial charge on any atom is 0.425 e. The summed E-state index contributed by atoms with van der Waals surface area (Å²) in [6.07, 6.45) is -7.52. The molecule has 2 aliphatic heterocycles. The third-order valence-corrected chi connectivity index (χ3v) is 11.7. The van der Waals surface area contributed by atoms with Crippen LogP contribution in [0.15, 0.2) is 58.9 Å². The summed E-state index contributed by atoms with van der Waals surface area (Å²) in [6.45, 7) is 1.70. The van der Waals surface area contributed by atoms with E-state index in [1.807, 2.05) is 6.07 Å². The maximum atomic E-state index is 14.9. The molecule has 0 bridgehead atoms. The molecule has 53 heavy (non-hydrogen) atoms. The maximum absolute atomic E-state index is 14.9. The van der Waals surface area contributed by atoms with Gasteiger partial charge in [0.2, 0.25) is 5.60 Å². The van der Waals surface area contributed by atoms with Gasteiger partial charge in [0.25, 0.3) is 11.8 Å². The van der Waals surface area contributed by atoms with Gasteiger partial charge in [0.1, 0.15) is 16.3 Å². The minimum Gasteiger partial charge on any atom is -0.481 e. The third-order valence-electron chi connectivity index (χ3n) is 9.58. The Morgan fingerprint density at radius 1 is 1.02 bits per heavy atom. The standard InChI is InChI=1S/C36H39F6N3O6S2/c1-2-8-27-34(51-23-21-28(53-22-23)36(40,41)42,13-7-17-45(27)31(48)30-25(35(37,38)39)10-5-16-43-30)32(49)44-18-14-33(50,15-19-44)24-9-3-4-11-26(24)52-20-6-12-29(46)47/h3-5,9-11,16,21-22,27,50H,2,6-8,12-15,17-20H2,1H3,(H,46,47). The average Bonchev–Trinajstić information content (AvgIpc) is 3.60. The Balaban J connectivity index is 1.48. The molecule has 0 spiro atoms. The molecule has 2 unspecified atom stereocenters. The molecule has 5 rings (SSSR count). The number of pyridine rings is 1. The van der Waals surface area contributed by atoms with Gasteiger partial charge in [-0.3, -0.25) is 19.4 Å². The van der Waals surface area contributed by atoms with Gasteiger partial charge in [-0.25, -0.2) is 0 Å². The average molecular weight is 788 g/mol. The van der Waals surface area contributed by atoms with E-state index < -0.39 is 63.5 Å². The molecule has 2 aliphatic rings. The lowest BCUT2D eigenvalue weighted by atomic mass is 9.78. The molecule has 4 heterocycles. The van der Waals surface area contributed by atoms with Crippen molar-refractivity contribution in [1.29, 1.82) is 0 Å². The second-order valence-corrected chi connectivity index (χ2v) is 15.2. The van der Waals surface area contributed by atoms with Gasteiger partial charge in [-0.1, -0.05) is 31.5 Å². The van der Waals surface area contributed by atoms with Crippen LogP contribution in [0.3, 0.4) is 0 Å². The first kappa shape index (κ1) is 40.4. The number of halogens is 6. The van der Waals surface area contributed by atoms with E-state index in [1.165, 1.54) is 16.7 Å². The normalized spacial score (nSPS) is 20.6. The summed E-state index contributed by atoms with van der Waals surface area (Å²) in [5.41, 5.74) is -4.85. The fourth-order valence-electron chi connectivity index (χ4n) is 7.07. The van der Waals surface area contributed by atoms with Crippen molar-refractivity contribution >= 4 is 40.9 Å². The minimum atomic E-state index is -4.91. The van der Waals surface area contributed by atoms with E-state index in [1.54, 1.807) is 25.1 Å². The Morgan fingerprint density at radius 2 is 1.74 bits per heavy atom. The summed E-state index contributed by atoms with van der Waals surface area (Å²) in [5.74, 6) is -2.40. The van der Waals surface area contributed by atoms with Crippen LogP contribution in [0.5, 0.6) is 5.75 Å². The zero-order chi connectivity index (χ0) is 38.6. The summed E-state index contributed by atoms with van der Waals surface area (Å²) in [6, 6.07) is 8.53. The molecule has 3 aromatic rings. The monoisotopic (exact) mass is 787 g/mol. The molecule has 0 saturated carbocycles. The molecule has 2 atom stereocenters. The Morgan fingerprint density at radius 3 is 2.38 bits per heavy atom. The van der Waals surface area contributed by atoms with Crippen molar-refractivity contribution in [2.24, 2.45) is 0 Å². The predicted molar refractivity (Wildman–Crippen MR) is 185 cm³/mol. The summed E-state index contributed by atoms with van der Waals surface area (Å²) in [4.78, 5) is 46.0. The summed E-state index contributed by atoms with van der Waals surface area (Å²) >= 11 is 1.78. The number of carbonyl (C=O) groups excluding carboxylic acids is 2. The number of ether oxygens (including phenoxy) is 1. The van der Waals surface area contributed by atoms with E-state index in [-0.39, 0.29) is 63.9 Å². The first-order valence-electron chi connectivity index (χ1n) is 17.1. The number of likely N-dealkylation sites (tertiary alicyclic amines) is 2. The molecule has 288 valence electrons. The van der Waals surface area contributed by atoms with Gasteiger partial charge in [-0.2, -0.15) is 26.3 Å². The molecule has 17 heteroatoms. The predicted octanol–water partition coefficient (Wildman–Crippen LogP) is 7.87. The highest BCUT2D eigenvalue weighted by atomic mass is 32.2. The summed E-state index contributed by atoms with van der Waals surface area (Å²) < 4.78 is 89.3. The van der Waals surface area contributed by atoms with Crippen molar-refractivity contribution in [2.75, 3.05) is 25.4 Å². The second-order valence-electron chi connectivity index (χ2n) is 13.1. The highest BCUT2D eigenvalue weighted by Gasteiger charge is 2.56. The number of rotatable bonds is 12. The van der Waals surface area contributed by atoms with Crippen LogP contribution in [-0.2, 0) is 27.5 Å². The number of hydrogen-bond acceptors (Lipinski definition) is 8. The Bertz CT molecular complexity index is 1780. The molecular weight excluding hydrogens is 749 g/mol. The number of carboxylic acids is 1. The lowest BCUT2D eigenvalue weighted by molar-refractivity contribution is -0.163. The topological polar surface area (TPSA) is 120 Å². The van der Waals surface area contributed by atoms with Gasteiger partial charge in [-0.15, -0.1) is 23.1 Å². The number of piperidine rings is 2. The third kappa shape index (κ3) is 8.94. The van der Waals surface area contributed by atoms with E-state index >= 15 is 0 Å². The zero-order valence-corrected chi connectivity index (χ0v) is 30.3. The summed E-state index contributed by atoms with van der Waals surface area (Å²) in [5, 5.41) is 22.0. The highest BCUT2D eigenvalue weighted by molar-refractivity contribution is 7.99. The van der Waals surface area contributed by atoms with Crippen molar-refractivity contribution in [3.05, 3.63) is 75.7 Å². The second kappa shape index (κ2) is 16.3. The number of thiophene rings is 1. The van der Waals surface area contributed by atoms with Crippen molar-refractivity contribution in [2.45, 2.75) is 92.8 Å². The summed E-state index contributed by atoms with van der Waals surface area (Å²) in [7, 11) is 0. The molecule has 2 aromatic heterocycles. The van der Waals surface area contributed by atoms with Crippen LogP contribution in [0.2, 0.25) is 0 Å². The van der Waals surface area contributed by atoms with Gasteiger partial charge in [0.15, 0.2) is 0 Å². The number of alkyl halides is 6. The fraction of sp³-hybridized carbons (Fsp3) is 0.500. The molecule has 1 aromatic carbocycles. The number of carboxylic acid groups (broad SMARTS) is 1. The number of amides is 2. The SMILES string of the molecule is CCCC1N(C(=O)c2ncccc2C(F)(F)F)CCCC1(Oc1csc(C(F)(F)F)c1)C(=O)N1CCC(O)(c2ccccc2SCCCC(=O)O)CC1. The van der Waals surface area contributed by atoms with Gasteiger partial charge in [0, 0.05) is 55.0 Å². The number of carbonyl (C=O) groups is 3. The molecular formula is C36H39F6N3O6S2. The number of aliphatic carboxylic acids is 1. The van der Waals surface area contributed by atoms with Crippen LogP contribution < -0.4 is 4.74 Å². The lowest BCUT2D eigenvalue weighted by Crippen LogP contribution is -2.68. The largest absolute Gasteiger partial charge is 0.481 e. The first-order valence-corrected chi connectivity index (χ1v) is 19.0. The Labute approximate surface area is 310 Å². The minimum absolute atomic E-state index is 0.00114. The van der Waals surface area contributed by atoms with Crippen LogP contribution >= 0.6 is 23.1 Å². The lowest BCUT2D eigenvalue weighted by Gasteiger charge is -2.51. The van der Waals surface area contributed by atoms with E-state index in [0.717, 1.165) is 39.6 Å². The van der Waals surface area contributed by atoms with Gasteiger partial charge in [0.05, 0.1) is 17.2 Å². The van der Waals surface area contributed by atoms with Crippen LogP contribution in [-0.4, -0.2) is 79.8 Å². The van der Waals surface area contributed by atoms with Gasteiger partial charge in [-0.05, 0) is 61.6 Å². The molecule has 2 fully saturated rings. The Kier molecular flexibility index (Phi) is 12.4. The molecule has 0 radical (unpaired) electrons. The van der Waals surface area contributed by atoms with Crippen LogP contribution in [0.4, 0.5) is 26.3 Å². The van der Waals surface area contributed by atoms with Gasteiger partial charge < -0.3 is 24.7 Å². The molecule has 2 N–H and O–H groups in total. The van der Waals surface area contributed by atoms with E-state index in [4.69, 9.17) is 9.84 Å². The van der Waals surface area contributed by atoms with Crippen LogP contribution in [0.25, 0.3) is 0 Å². The zero-order valence-electron chi connectivity index (χ0n) is 28.7. The number of aromatic nitrogens is 1. The molecule has 9 nitrogen and oxygen atoms in total.